The summed E-state index contributed by atoms with van der Waals surface area (Å²) in [5.41, 5.74) is 2.00. The monoisotopic (exact) mass is 345 g/mol. The predicted molar refractivity (Wildman–Crippen MR) is 98.0 cm³/mol. The summed E-state index contributed by atoms with van der Waals surface area (Å²) in [4.78, 5) is 15.9. The zero-order valence-electron chi connectivity index (χ0n) is 14.5. The van der Waals surface area contributed by atoms with E-state index < -0.39 is 0 Å². The molecule has 3 heterocycles. The van der Waals surface area contributed by atoms with Gasteiger partial charge < -0.3 is 10.2 Å². The van der Waals surface area contributed by atoms with Gasteiger partial charge in [-0.3, -0.25) is 4.98 Å². The maximum absolute atomic E-state index is 6.25. The van der Waals surface area contributed by atoms with Gasteiger partial charge in [0.15, 0.2) is 0 Å². The molecule has 2 unspecified atom stereocenters. The predicted octanol–water partition coefficient (Wildman–Crippen LogP) is 4.16. The summed E-state index contributed by atoms with van der Waals surface area (Å²) in [5, 5.41) is 3.76. The molecule has 2 atom stereocenters. The summed E-state index contributed by atoms with van der Waals surface area (Å²) in [5.74, 6) is 1.88. The molecule has 0 spiro atoms. The van der Waals surface area contributed by atoms with Crippen molar-refractivity contribution < 1.29 is 0 Å². The van der Waals surface area contributed by atoms with E-state index >= 15 is 0 Å². The molecule has 2 aromatic rings. The molecular formula is C18H24ClN5. The number of hydrogen-bond acceptors (Lipinski definition) is 5. The molecule has 0 saturated carbocycles. The topological polar surface area (TPSA) is 53.9 Å². The van der Waals surface area contributed by atoms with Crippen LogP contribution in [-0.2, 0) is 0 Å². The lowest BCUT2D eigenvalue weighted by Gasteiger charge is -2.36. The number of nitrogens with one attached hydrogen (secondary N) is 1. The smallest absolute Gasteiger partial charge is 0.136 e. The summed E-state index contributed by atoms with van der Waals surface area (Å²) in [7, 11) is 0. The summed E-state index contributed by atoms with van der Waals surface area (Å²) >= 11 is 6.25. The molecule has 1 saturated heterocycles. The van der Waals surface area contributed by atoms with Crippen molar-refractivity contribution >= 4 is 23.1 Å². The van der Waals surface area contributed by atoms with Crippen molar-refractivity contribution in [2.45, 2.75) is 45.6 Å². The Morgan fingerprint density at radius 1 is 1.25 bits per heavy atom. The lowest BCUT2D eigenvalue weighted by atomic mass is 9.93. The standard InChI is InChI=1S/C18H24ClN5/c1-4-24-11-14(6-5-13(24)3)18-22-16(19)8-17(23-18)21-15-7-12(2)9-20-10-15/h7-10,13-14H,4-6,11H2,1-3H3,(H,21,22,23). The first kappa shape index (κ1) is 17.1. The Balaban J connectivity index is 1.81. The molecule has 0 bridgehead atoms. The minimum Gasteiger partial charge on any atom is -0.339 e. The minimum atomic E-state index is 0.330. The molecule has 0 amide bonds. The van der Waals surface area contributed by atoms with Crippen molar-refractivity contribution in [1.29, 1.82) is 0 Å². The van der Waals surface area contributed by atoms with Gasteiger partial charge in [-0.05, 0) is 44.9 Å². The van der Waals surface area contributed by atoms with Crippen LogP contribution in [0, 0.1) is 6.92 Å². The van der Waals surface area contributed by atoms with Gasteiger partial charge in [0.1, 0.15) is 16.8 Å². The van der Waals surface area contributed by atoms with Gasteiger partial charge in [0.05, 0.1) is 11.9 Å². The molecule has 6 heteroatoms. The molecule has 1 aliphatic heterocycles. The zero-order chi connectivity index (χ0) is 17.1. The Morgan fingerprint density at radius 3 is 2.83 bits per heavy atom. The van der Waals surface area contributed by atoms with Gasteiger partial charge in [-0.1, -0.05) is 18.5 Å². The van der Waals surface area contributed by atoms with Gasteiger partial charge in [0.25, 0.3) is 0 Å². The lowest BCUT2D eigenvalue weighted by molar-refractivity contribution is 0.149. The molecule has 2 aromatic heterocycles. The number of rotatable bonds is 4. The van der Waals surface area contributed by atoms with E-state index in [1.807, 2.05) is 19.2 Å². The number of pyridine rings is 1. The number of likely N-dealkylation sites (tertiary alicyclic amines) is 1. The second kappa shape index (κ2) is 7.45. The molecule has 3 rings (SSSR count). The van der Waals surface area contributed by atoms with E-state index in [9.17, 15) is 0 Å². The van der Waals surface area contributed by atoms with E-state index in [0.717, 1.165) is 42.4 Å². The molecule has 1 N–H and O–H groups in total. The van der Waals surface area contributed by atoms with Crippen LogP contribution in [0.5, 0.6) is 0 Å². The highest BCUT2D eigenvalue weighted by Crippen LogP contribution is 2.29. The summed E-state index contributed by atoms with van der Waals surface area (Å²) < 4.78 is 0. The van der Waals surface area contributed by atoms with E-state index in [1.54, 1.807) is 12.3 Å². The number of piperidine rings is 1. The molecule has 5 nitrogen and oxygen atoms in total. The van der Waals surface area contributed by atoms with Crippen LogP contribution in [0.15, 0.2) is 24.5 Å². The average molecular weight is 346 g/mol. The highest BCUT2D eigenvalue weighted by Gasteiger charge is 2.27. The van der Waals surface area contributed by atoms with Crippen molar-refractivity contribution in [3.8, 4) is 0 Å². The van der Waals surface area contributed by atoms with Crippen LogP contribution in [0.1, 0.15) is 44.0 Å². The van der Waals surface area contributed by atoms with Gasteiger partial charge in [0.2, 0.25) is 0 Å². The van der Waals surface area contributed by atoms with E-state index in [0.29, 0.717) is 17.1 Å². The zero-order valence-corrected chi connectivity index (χ0v) is 15.2. The third kappa shape index (κ3) is 4.02. The largest absolute Gasteiger partial charge is 0.339 e. The van der Waals surface area contributed by atoms with Crippen molar-refractivity contribution in [3.63, 3.8) is 0 Å². The Kier molecular flexibility index (Phi) is 5.31. The second-order valence-corrected chi connectivity index (χ2v) is 6.91. The SMILES string of the molecule is CCN1CC(c2nc(Cl)cc(Nc3cncc(C)c3)n2)CCC1C. The van der Waals surface area contributed by atoms with Crippen LogP contribution in [0.25, 0.3) is 0 Å². The number of aryl methyl sites for hydroxylation is 1. The van der Waals surface area contributed by atoms with Crippen molar-refractivity contribution in [1.82, 2.24) is 19.9 Å². The van der Waals surface area contributed by atoms with E-state index in [2.05, 4.69) is 34.0 Å². The number of aromatic nitrogens is 3. The Labute approximate surface area is 148 Å². The van der Waals surface area contributed by atoms with Crippen molar-refractivity contribution in [2.24, 2.45) is 0 Å². The van der Waals surface area contributed by atoms with Gasteiger partial charge in [-0.2, -0.15) is 0 Å². The third-order valence-corrected chi connectivity index (χ3v) is 4.84. The third-order valence-electron chi connectivity index (χ3n) is 4.64. The highest BCUT2D eigenvalue weighted by molar-refractivity contribution is 6.29. The molecule has 1 aliphatic rings. The summed E-state index contributed by atoms with van der Waals surface area (Å²) in [6, 6.07) is 4.42. The number of likely N-dealkylation sites (N-methyl/N-ethyl adjacent to an activating group) is 1. The quantitative estimate of drug-likeness (QED) is 0.843. The van der Waals surface area contributed by atoms with E-state index in [4.69, 9.17) is 16.6 Å². The van der Waals surface area contributed by atoms with Crippen LogP contribution in [0.3, 0.4) is 0 Å². The molecule has 24 heavy (non-hydrogen) atoms. The van der Waals surface area contributed by atoms with Gasteiger partial charge >= 0.3 is 0 Å². The van der Waals surface area contributed by atoms with Gasteiger partial charge in [-0.25, -0.2) is 9.97 Å². The van der Waals surface area contributed by atoms with Crippen LogP contribution >= 0.6 is 11.6 Å². The van der Waals surface area contributed by atoms with Crippen molar-refractivity contribution in [3.05, 3.63) is 41.1 Å². The normalized spacial score (nSPS) is 21.7. The van der Waals surface area contributed by atoms with Crippen LogP contribution < -0.4 is 5.32 Å². The molecule has 0 radical (unpaired) electrons. The van der Waals surface area contributed by atoms with E-state index in [-0.39, 0.29) is 0 Å². The number of halogens is 1. The Bertz CT molecular complexity index is 706. The van der Waals surface area contributed by atoms with Crippen LogP contribution in [-0.4, -0.2) is 39.0 Å². The molecule has 128 valence electrons. The van der Waals surface area contributed by atoms with Gasteiger partial charge in [0, 0.05) is 30.8 Å². The average Bonchev–Trinajstić information content (AvgIpc) is 2.54. The second-order valence-electron chi connectivity index (χ2n) is 6.52. The van der Waals surface area contributed by atoms with E-state index in [1.165, 1.54) is 6.42 Å². The molecular weight excluding hydrogens is 322 g/mol. The number of hydrogen-bond donors (Lipinski definition) is 1. The summed E-state index contributed by atoms with van der Waals surface area (Å²) in [6.45, 7) is 8.55. The maximum Gasteiger partial charge on any atom is 0.136 e. The first-order chi connectivity index (χ1) is 11.5. The van der Waals surface area contributed by atoms with Crippen LogP contribution in [0.2, 0.25) is 5.15 Å². The lowest BCUT2D eigenvalue weighted by Crippen LogP contribution is -2.41. The number of anilines is 2. The fourth-order valence-electron chi connectivity index (χ4n) is 3.28. The number of nitrogens with zero attached hydrogens (tertiary/aromatic N) is 4. The Morgan fingerprint density at radius 2 is 2.08 bits per heavy atom. The minimum absolute atomic E-state index is 0.330. The fourth-order valence-corrected chi connectivity index (χ4v) is 3.47. The first-order valence-corrected chi connectivity index (χ1v) is 8.90. The van der Waals surface area contributed by atoms with Crippen LogP contribution in [0.4, 0.5) is 11.5 Å². The maximum atomic E-state index is 6.25. The van der Waals surface area contributed by atoms with Gasteiger partial charge in [-0.15, -0.1) is 0 Å². The highest BCUT2D eigenvalue weighted by atomic mass is 35.5. The Hall–Kier alpha value is -1.72. The fraction of sp³-hybridized carbons (Fsp3) is 0.500. The molecule has 0 aliphatic carbocycles. The first-order valence-electron chi connectivity index (χ1n) is 8.52. The molecule has 0 aromatic carbocycles. The van der Waals surface area contributed by atoms with Crippen molar-refractivity contribution in [2.75, 3.05) is 18.4 Å². The molecule has 1 fully saturated rings. The summed E-state index contributed by atoms with van der Waals surface area (Å²) in [6.07, 6.45) is 5.87.